The van der Waals surface area contributed by atoms with Crippen LogP contribution in [0.3, 0.4) is 0 Å². The van der Waals surface area contributed by atoms with Crippen LogP contribution >= 0.6 is 0 Å². The molecule has 150 valence electrons. The summed E-state index contributed by atoms with van der Waals surface area (Å²) in [6.45, 7) is 4.37. The van der Waals surface area contributed by atoms with E-state index >= 15 is 0 Å². The molecule has 0 aromatic rings. The van der Waals surface area contributed by atoms with Crippen LogP contribution < -0.4 is 0 Å². The molecule has 0 heterocycles. The lowest BCUT2D eigenvalue weighted by Gasteiger charge is -2.27. The smallest absolute Gasteiger partial charge is 0.393 e. The first-order valence-corrected chi connectivity index (χ1v) is 12.7. The normalized spacial score (nSPS) is 13.1. The van der Waals surface area contributed by atoms with Gasteiger partial charge in [-0.15, -0.1) is 0 Å². The van der Waals surface area contributed by atoms with Crippen molar-refractivity contribution in [2.24, 2.45) is 0 Å². The molecule has 0 fully saturated rings. The SMILES string of the molecule is CCCCCCCCCCCCCCCCC(C)[Si](C=O)(OC)OC. The summed E-state index contributed by atoms with van der Waals surface area (Å²) in [7, 11) is 0.600. The first kappa shape index (κ1) is 24.8. The molecule has 0 aliphatic heterocycles. The minimum atomic E-state index is -2.61. The standard InChI is InChI=1S/C21H44O3Si/c1-5-6-7-8-9-10-11-12-13-14-15-16-17-18-19-21(2)25(20-22,23-3)24-4/h20-21H,5-19H2,1-4H3. The number of unbranched alkanes of at least 4 members (excludes halogenated alkanes) is 13. The fourth-order valence-corrected chi connectivity index (χ4v) is 5.55. The van der Waals surface area contributed by atoms with Gasteiger partial charge in [0.05, 0.1) is 0 Å². The minimum Gasteiger partial charge on any atom is -0.393 e. The maximum Gasteiger partial charge on any atom is 0.408 e. The Morgan fingerprint density at radius 1 is 0.720 bits per heavy atom. The van der Waals surface area contributed by atoms with E-state index in [4.69, 9.17) is 8.85 Å². The van der Waals surface area contributed by atoms with Gasteiger partial charge >= 0.3 is 8.56 Å². The van der Waals surface area contributed by atoms with Crippen LogP contribution in [0.4, 0.5) is 0 Å². The van der Waals surface area contributed by atoms with Crippen molar-refractivity contribution in [3.05, 3.63) is 0 Å². The molecule has 4 heteroatoms. The van der Waals surface area contributed by atoms with Crippen LogP contribution in [0.1, 0.15) is 110 Å². The van der Waals surface area contributed by atoms with Crippen LogP contribution in [0.5, 0.6) is 0 Å². The van der Waals surface area contributed by atoms with Crippen LogP contribution in [-0.4, -0.2) is 28.7 Å². The van der Waals surface area contributed by atoms with Crippen LogP contribution in [-0.2, 0) is 13.6 Å². The zero-order valence-corrected chi connectivity index (χ0v) is 18.5. The highest BCUT2D eigenvalue weighted by Gasteiger charge is 2.41. The fourth-order valence-electron chi connectivity index (χ4n) is 3.54. The number of rotatable bonds is 19. The van der Waals surface area contributed by atoms with E-state index in [9.17, 15) is 4.79 Å². The molecule has 0 radical (unpaired) electrons. The van der Waals surface area contributed by atoms with Gasteiger partial charge in [0.1, 0.15) is 0 Å². The van der Waals surface area contributed by atoms with E-state index in [-0.39, 0.29) is 5.54 Å². The highest BCUT2D eigenvalue weighted by molar-refractivity contribution is 6.92. The van der Waals surface area contributed by atoms with E-state index in [1.807, 2.05) is 0 Å². The van der Waals surface area contributed by atoms with Crippen molar-refractivity contribution >= 4 is 14.5 Å². The predicted molar refractivity (Wildman–Crippen MR) is 111 cm³/mol. The molecule has 0 N–H and O–H groups in total. The summed E-state index contributed by atoms with van der Waals surface area (Å²) in [5.74, 6) is 0.932. The van der Waals surface area contributed by atoms with Gasteiger partial charge in [-0.1, -0.05) is 104 Å². The number of hydrogen-bond donors (Lipinski definition) is 0. The summed E-state index contributed by atoms with van der Waals surface area (Å²) < 4.78 is 10.8. The van der Waals surface area contributed by atoms with Gasteiger partial charge in [-0.2, -0.15) is 0 Å². The third kappa shape index (κ3) is 11.9. The Kier molecular flexibility index (Phi) is 17.1. The van der Waals surface area contributed by atoms with Crippen molar-refractivity contribution in [1.82, 2.24) is 0 Å². The molecule has 0 aliphatic carbocycles. The van der Waals surface area contributed by atoms with Gasteiger partial charge in [-0.3, -0.25) is 0 Å². The maximum atomic E-state index is 11.3. The Labute approximate surface area is 158 Å². The highest BCUT2D eigenvalue weighted by atomic mass is 28.4. The third-order valence-corrected chi connectivity index (χ3v) is 8.75. The molecule has 0 saturated carbocycles. The molecular formula is C21H44O3Si. The number of carbonyl (C=O) groups excluding carboxylic acids is 1. The van der Waals surface area contributed by atoms with Crippen molar-refractivity contribution in [3.8, 4) is 0 Å². The van der Waals surface area contributed by atoms with E-state index in [1.165, 1.54) is 89.9 Å². The second-order valence-corrected chi connectivity index (χ2v) is 11.0. The Bertz CT molecular complexity index is 293. The summed E-state index contributed by atoms with van der Waals surface area (Å²) in [6, 6.07) is 0. The van der Waals surface area contributed by atoms with Gasteiger partial charge in [0.2, 0.25) is 0 Å². The zero-order valence-electron chi connectivity index (χ0n) is 17.5. The lowest BCUT2D eigenvalue weighted by Crippen LogP contribution is -2.46. The van der Waals surface area contributed by atoms with E-state index in [0.29, 0.717) is 0 Å². The van der Waals surface area contributed by atoms with Gasteiger partial charge in [0, 0.05) is 19.8 Å². The quantitative estimate of drug-likeness (QED) is 0.143. The molecule has 0 bridgehead atoms. The predicted octanol–water partition coefficient (Wildman–Crippen LogP) is 6.75. The van der Waals surface area contributed by atoms with Crippen molar-refractivity contribution in [2.45, 2.75) is 116 Å². The van der Waals surface area contributed by atoms with Gasteiger partial charge in [0.25, 0.3) is 0 Å². The molecule has 25 heavy (non-hydrogen) atoms. The largest absolute Gasteiger partial charge is 0.408 e. The Balaban J connectivity index is 3.40. The maximum absolute atomic E-state index is 11.3. The summed E-state index contributed by atoms with van der Waals surface area (Å²) in [4.78, 5) is 11.3. The average Bonchev–Trinajstić information content (AvgIpc) is 2.64. The molecule has 0 aliphatic rings. The van der Waals surface area contributed by atoms with Crippen LogP contribution in [0.2, 0.25) is 5.54 Å². The van der Waals surface area contributed by atoms with Crippen molar-refractivity contribution < 1.29 is 13.6 Å². The Morgan fingerprint density at radius 2 is 1.08 bits per heavy atom. The van der Waals surface area contributed by atoms with Crippen molar-refractivity contribution in [2.75, 3.05) is 14.2 Å². The summed E-state index contributed by atoms with van der Waals surface area (Å²) in [6.07, 6.45) is 20.3. The fraction of sp³-hybridized carbons (Fsp3) is 0.952. The molecule has 1 atom stereocenters. The molecule has 0 amide bonds. The molecular weight excluding hydrogens is 328 g/mol. The topological polar surface area (TPSA) is 35.5 Å². The molecule has 0 aromatic heterocycles. The molecule has 0 aromatic carbocycles. The Hall–Kier alpha value is -0.193. The van der Waals surface area contributed by atoms with Gasteiger partial charge < -0.3 is 13.6 Å². The summed E-state index contributed by atoms with van der Waals surface area (Å²) >= 11 is 0. The van der Waals surface area contributed by atoms with Crippen molar-refractivity contribution in [1.29, 1.82) is 0 Å². The second kappa shape index (κ2) is 17.2. The molecule has 0 spiro atoms. The molecule has 0 rings (SSSR count). The van der Waals surface area contributed by atoms with Crippen molar-refractivity contribution in [3.63, 3.8) is 0 Å². The first-order chi connectivity index (χ1) is 12.2. The molecule has 0 saturated heterocycles. The Morgan fingerprint density at radius 3 is 1.40 bits per heavy atom. The zero-order chi connectivity index (χ0) is 18.8. The van der Waals surface area contributed by atoms with Gasteiger partial charge in [-0.25, -0.2) is 0 Å². The number of hydrogen-bond acceptors (Lipinski definition) is 3. The van der Waals surface area contributed by atoms with E-state index < -0.39 is 8.56 Å². The monoisotopic (exact) mass is 372 g/mol. The van der Waals surface area contributed by atoms with Crippen LogP contribution in [0.15, 0.2) is 0 Å². The van der Waals surface area contributed by atoms with E-state index in [0.717, 1.165) is 12.3 Å². The van der Waals surface area contributed by atoms with Gasteiger partial charge in [0.15, 0.2) is 5.91 Å². The number of carbonyl (C=O) groups is 1. The molecule has 1 unspecified atom stereocenters. The lowest BCUT2D eigenvalue weighted by atomic mass is 10.0. The minimum absolute atomic E-state index is 0.234. The second-order valence-electron chi connectivity index (χ2n) is 7.53. The third-order valence-electron chi connectivity index (χ3n) is 5.48. The van der Waals surface area contributed by atoms with E-state index in [2.05, 4.69) is 13.8 Å². The summed E-state index contributed by atoms with van der Waals surface area (Å²) in [5, 5.41) is 0. The van der Waals surface area contributed by atoms with Gasteiger partial charge in [-0.05, 0) is 6.42 Å². The average molecular weight is 373 g/mol. The van der Waals surface area contributed by atoms with Crippen LogP contribution in [0.25, 0.3) is 0 Å². The highest BCUT2D eigenvalue weighted by Crippen LogP contribution is 2.27. The summed E-state index contributed by atoms with van der Waals surface area (Å²) in [5.41, 5.74) is 0.234. The molecule has 3 nitrogen and oxygen atoms in total. The first-order valence-electron chi connectivity index (χ1n) is 10.7. The van der Waals surface area contributed by atoms with Crippen LogP contribution in [0, 0.1) is 0 Å². The lowest BCUT2D eigenvalue weighted by molar-refractivity contribution is 0.245. The van der Waals surface area contributed by atoms with E-state index in [1.54, 1.807) is 14.2 Å².